The molecule has 0 spiro atoms. The molecule has 4 heterocycles. The van der Waals surface area contributed by atoms with Crippen LogP contribution in [0.15, 0.2) is 28.4 Å². The molecular weight excluding hydrogens is 348 g/mol. The van der Waals surface area contributed by atoms with Gasteiger partial charge in [-0.2, -0.15) is 5.10 Å². The first-order valence-corrected chi connectivity index (χ1v) is 9.37. The van der Waals surface area contributed by atoms with Crippen molar-refractivity contribution in [3.63, 3.8) is 0 Å². The molecule has 0 fully saturated rings. The smallest absolute Gasteiger partial charge is 0.272 e. The molecule has 0 saturated heterocycles. The van der Waals surface area contributed by atoms with Gasteiger partial charge in [0.15, 0.2) is 5.65 Å². The summed E-state index contributed by atoms with van der Waals surface area (Å²) < 4.78 is 3.41. The minimum atomic E-state index is -0.102. The van der Waals surface area contributed by atoms with Crippen LogP contribution in [0.4, 0.5) is 0 Å². The van der Waals surface area contributed by atoms with Crippen LogP contribution in [0, 0.1) is 20.8 Å². The van der Waals surface area contributed by atoms with Crippen LogP contribution in [-0.4, -0.2) is 29.4 Å². The summed E-state index contributed by atoms with van der Waals surface area (Å²) >= 11 is 1.63. The fourth-order valence-corrected chi connectivity index (χ4v) is 4.08. The van der Waals surface area contributed by atoms with Crippen molar-refractivity contribution in [3.8, 4) is 10.6 Å². The van der Waals surface area contributed by atoms with E-state index >= 15 is 0 Å². The predicted molar refractivity (Wildman–Crippen MR) is 102 cm³/mol. The molecule has 26 heavy (non-hydrogen) atoms. The van der Waals surface area contributed by atoms with Crippen molar-refractivity contribution in [2.45, 2.75) is 40.2 Å². The summed E-state index contributed by atoms with van der Waals surface area (Å²) in [6, 6.07) is 5.70. The van der Waals surface area contributed by atoms with Crippen LogP contribution in [0.5, 0.6) is 0 Å². The number of nitrogens with zero attached hydrogens (tertiary/aromatic N) is 5. The highest BCUT2D eigenvalue weighted by atomic mass is 32.1. The Kier molecular flexibility index (Phi) is 3.99. The Morgan fingerprint density at radius 1 is 1.27 bits per heavy atom. The molecule has 1 N–H and O–H groups in total. The van der Waals surface area contributed by atoms with Crippen molar-refractivity contribution < 1.29 is 0 Å². The van der Waals surface area contributed by atoms with Crippen molar-refractivity contribution >= 4 is 17.0 Å². The Labute approximate surface area is 154 Å². The molecule has 0 aliphatic rings. The number of rotatable bonds is 4. The lowest BCUT2D eigenvalue weighted by Gasteiger charge is -2.12. The first-order chi connectivity index (χ1) is 12.4. The molecule has 1 atom stereocenters. The fraction of sp³-hybridized carbons (Fsp3) is 0.333. The predicted octanol–water partition coefficient (Wildman–Crippen LogP) is 3.07. The summed E-state index contributed by atoms with van der Waals surface area (Å²) in [6.45, 7) is 7.87. The Morgan fingerprint density at radius 3 is 2.73 bits per heavy atom. The van der Waals surface area contributed by atoms with E-state index in [1.54, 1.807) is 17.4 Å². The zero-order valence-corrected chi connectivity index (χ0v) is 16.0. The van der Waals surface area contributed by atoms with Gasteiger partial charge >= 0.3 is 0 Å². The topological polar surface area (TPSA) is 80.9 Å². The Bertz CT molecular complexity index is 1130. The van der Waals surface area contributed by atoms with E-state index in [4.69, 9.17) is 4.98 Å². The van der Waals surface area contributed by atoms with Crippen LogP contribution < -0.4 is 5.56 Å². The summed E-state index contributed by atoms with van der Waals surface area (Å²) in [5.74, 6) is 1.62. The highest BCUT2D eigenvalue weighted by molar-refractivity contribution is 7.13. The van der Waals surface area contributed by atoms with Crippen molar-refractivity contribution in [2.75, 3.05) is 0 Å². The second-order valence-electron chi connectivity index (χ2n) is 6.54. The van der Waals surface area contributed by atoms with Crippen LogP contribution in [0.1, 0.15) is 35.9 Å². The summed E-state index contributed by atoms with van der Waals surface area (Å²) in [5.41, 5.74) is 3.25. The molecule has 4 aromatic rings. The van der Waals surface area contributed by atoms with Crippen LogP contribution in [0.3, 0.4) is 0 Å². The average molecular weight is 368 g/mol. The summed E-state index contributed by atoms with van der Waals surface area (Å²) in [7, 11) is 0. The van der Waals surface area contributed by atoms with Crippen molar-refractivity contribution in [1.82, 2.24) is 29.4 Å². The van der Waals surface area contributed by atoms with Gasteiger partial charge in [-0.1, -0.05) is 6.07 Å². The second kappa shape index (κ2) is 6.21. The maximum Gasteiger partial charge on any atom is 0.272 e. The molecule has 4 rings (SSSR count). The minimum absolute atomic E-state index is 0.0709. The fourth-order valence-electron chi connectivity index (χ4n) is 3.30. The van der Waals surface area contributed by atoms with Crippen LogP contribution in [0.25, 0.3) is 16.2 Å². The van der Waals surface area contributed by atoms with Gasteiger partial charge in [0.25, 0.3) is 5.56 Å². The first-order valence-electron chi connectivity index (χ1n) is 8.49. The molecule has 8 heteroatoms. The number of hydrogen-bond donors (Lipinski definition) is 1. The van der Waals surface area contributed by atoms with Crippen molar-refractivity contribution in [2.24, 2.45) is 0 Å². The molecule has 0 aliphatic carbocycles. The lowest BCUT2D eigenvalue weighted by molar-refractivity contribution is 0.469. The van der Waals surface area contributed by atoms with Crippen molar-refractivity contribution in [3.05, 3.63) is 56.8 Å². The van der Waals surface area contributed by atoms with Gasteiger partial charge in [0.1, 0.15) is 11.6 Å². The molecule has 134 valence electrons. The number of aromatic amines is 1. The minimum Gasteiger partial charge on any atom is -0.288 e. The summed E-state index contributed by atoms with van der Waals surface area (Å²) in [6.07, 6.45) is 0.619. The average Bonchev–Trinajstić information content (AvgIpc) is 3.28. The van der Waals surface area contributed by atoms with Gasteiger partial charge in [0, 0.05) is 18.1 Å². The molecule has 0 amide bonds. The molecule has 0 unspecified atom stereocenters. The molecule has 0 saturated carbocycles. The number of fused-ring (bicyclic) bond motifs is 1. The Morgan fingerprint density at radius 2 is 2.08 bits per heavy atom. The second-order valence-corrected chi connectivity index (χ2v) is 7.49. The summed E-state index contributed by atoms with van der Waals surface area (Å²) in [4.78, 5) is 22.8. The van der Waals surface area contributed by atoms with Gasteiger partial charge in [0.05, 0.1) is 22.3 Å². The maximum absolute atomic E-state index is 12.6. The lowest BCUT2D eigenvalue weighted by Crippen LogP contribution is -2.18. The number of nitrogens with one attached hydrogen (secondary N) is 1. The van der Waals surface area contributed by atoms with Crippen LogP contribution in [0.2, 0.25) is 0 Å². The third kappa shape index (κ3) is 2.76. The number of H-pyrrole nitrogens is 1. The largest absolute Gasteiger partial charge is 0.288 e. The number of thiophene rings is 1. The zero-order valence-electron chi connectivity index (χ0n) is 15.1. The van der Waals surface area contributed by atoms with E-state index < -0.39 is 0 Å². The summed E-state index contributed by atoms with van der Waals surface area (Å²) in [5, 5.41) is 9.64. The monoisotopic (exact) mass is 368 g/mol. The SMILES string of the molecule is Cc1nc(C)n([C@H](C)Cc2cc(=O)n3[nH]c(-c4cccs4)c(C)c3n2)n1. The molecule has 7 nitrogen and oxygen atoms in total. The Balaban J connectivity index is 1.74. The Hall–Kier alpha value is -2.74. The lowest BCUT2D eigenvalue weighted by atomic mass is 10.1. The van der Waals surface area contributed by atoms with Crippen LogP contribution in [-0.2, 0) is 6.42 Å². The number of aromatic nitrogens is 6. The van der Waals surface area contributed by atoms with Gasteiger partial charge in [-0.15, -0.1) is 11.3 Å². The van der Waals surface area contributed by atoms with Gasteiger partial charge in [-0.3, -0.25) is 9.89 Å². The number of hydrogen-bond acceptors (Lipinski definition) is 5. The molecule has 4 aromatic heterocycles. The standard InChI is InChI=1S/C18H20N6OS/c1-10(23-13(4)19-12(3)21-23)8-14-9-16(25)24-18(20-14)11(2)17(22-24)15-6-5-7-26-15/h5-7,9-10,22H,8H2,1-4H3/t10-/m1/s1. The highest BCUT2D eigenvalue weighted by Gasteiger charge is 2.17. The van der Waals surface area contributed by atoms with Gasteiger partial charge in [-0.05, 0) is 39.1 Å². The third-order valence-corrected chi connectivity index (χ3v) is 5.39. The van der Waals surface area contributed by atoms with Gasteiger partial charge in [0.2, 0.25) is 0 Å². The third-order valence-electron chi connectivity index (χ3n) is 4.50. The molecule has 0 aliphatic heterocycles. The molecule has 0 bridgehead atoms. The van der Waals surface area contributed by atoms with E-state index in [0.29, 0.717) is 12.1 Å². The van der Waals surface area contributed by atoms with Gasteiger partial charge < -0.3 is 0 Å². The quantitative estimate of drug-likeness (QED) is 0.600. The van der Waals surface area contributed by atoms with Crippen molar-refractivity contribution in [1.29, 1.82) is 0 Å². The van der Waals surface area contributed by atoms with E-state index in [1.165, 1.54) is 4.52 Å². The normalized spacial score (nSPS) is 12.8. The van der Waals surface area contributed by atoms with E-state index in [9.17, 15) is 4.79 Å². The molecular formula is C18H20N6OS. The maximum atomic E-state index is 12.6. The van der Waals surface area contributed by atoms with E-state index in [1.807, 2.05) is 43.0 Å². The van der Waals surface area contributed by atoms with E-state index in [0.717, 1.165) is 33.5 Å². The van der Waals surface area contributed by atoms with Crippen LogP contribution >= 0.6 is 11.3 Å². The van der Waals surface area contributed by atoms with E-state index in [2.05, 4.69) is 22.1 Å². The first kappa shape index (κ1) is 16.7. The zero-order chi connectivity index (χ0) is 18.4. The molecule has 0 aromatic carbocycles. The van der Waals surface area contributed by atoms with E-state index in [-0.39, 0.29) is 11.6 Å². The van der Waals surface area contributed by atoms with Gasteiger partial charge in [-0.25, -0.2) is 19.2 Å². The molecule has 0 radical (unpaired) electrons. The number of aryl methyl sites for hydroxylation is 3. The highest BCUT2D eigenvalue weighted by Crippen LogP contribution is 2.28.